The molecule has 0 aromatic heterocycles. The number of rotatable bonds is 3. The molecule has 2 aromatic carbocycles. The number of fused-ring (bicyclic) bond motifs is 1. The number of aryl methyl sites for hydroxylation is 1. The monoisotopic (exact) mass is 298 g/mol. The second-order valence-corrected chi connectivity index (χ2v) is 5.80. The SMILES string of the molecule is CCC1C(=O)Nc2c1cc(F)cc2C(N)c1ccc(C)cc1. The van der Waals surface area contributed by atoms with Gasteiger partial charge in [-0.05, 0) is 36.6 Å². The molecule has 1 aliphatic rings. The van der Waals surface area contributed by atoms with Crippen molar-refractivity contribution in [2.45, 2.75) is 32.2 Å². The van der Waals surface area contributed by atoms with E-state index in [0.717, 1.165) is 11.1 Å². The molecule has 3 nitrogen and oxygen atoms in total. The van der Waals surface area contributed by atoms with Crippen LogP contribution in [-0.4, -0.2) is 5.91 Å². The zero-order valence-electron chi connectivity index (χ0n) is 12.7. The van der Waals surface area contributed by atoms with Crippen LogP contribution >= 0.6 is 0 Å². The standard InChI is InChI=1S/C18H19FN2O/c1-3-13-14-8-12(19)9-15(17(14)21-18(13)22)16(20)11-6-4-10(2)5-7-11/h4-9,13,16H,3,20H2,1-2H3,(H,21,22). The third-order valence-electron chi connectivity index (χ3n) is 4.28. The van der Waals surface area contributed by atoms with Crippen LogP contribution in [0.5, 0.6) is 0 Å². The molecule has 2 aromatic rings. The number of carbonyl (C=O) groups excluding carboxylic acids is 1. The summed E-state index contributed by atoms with van der Waals surface area (Å²) in [6.45, 7) is 3.92. The fourth-order valence-electron chi connectivity index (χ4n) is 3.02. The van der Waals surface area contributed by atoms with E-state index in [1.165, 1.54) is 12.1 Å². The predicted molar refractivity (Wildman–Crippen MR) is 85.3 cm³/mol. The zero-order valence-corrected chi connectivity index (χ0v) is 12.7. The number of halogens is 1. The summed E-state index contributed by atoms with van der Waals surface area (Å²) in [5.74, 6) is -0.735. The van der Waals surface area contributed by atoms with Crippen molar-refractivity contribution in [1.82, 2.24) is 0 Å². The van der Waals surface area contributed by atoms with Gasteiger partial charge in [-0.1, -0.05) is 36.8 Å². The number of benzene rings is 2. The molecular formula is C18H19FN2O. The molecule has 1 heterocycles. The molecule has 1 aliphatic heterocycles. The molecule has 0 radical (unpaired) electrons. The Hall–Kier alpha value is -2.20. The number of hydrogen-bond donors (Lipinski definition) is 2. The van der Waals surface area contributed by atoms with Crippen LogP contribution in [0.1, 0.15) is 47.6 Å². The Kier molecular flexibility index (Phi) is 3.71. The maximum atomic E-state index is 14.0. The van der Waals surface area contributed by atoms with Gasteiger partial charge in [0.2, 0.25) is 5.91 Å². The van der Waals surface area contributed by atoms with Crippen LogP contribution in [0.25, 0.3) is 0 Å². The fraction of sp³-hybridized carbons (Fsp3) is 0.278. The van der Waals surface area contributed by atoms with Crippen molar-refractivity contribution in [2.75, 3.05) is 5.32 Å². The smallest absolute Gasteiger partial charge is 0.232 e. The van der Waals surface area contributed by atoms with Gasteiger partial charge in [0.1, 0.15) is 5.82 Å². The molecule has 3 N–H and O–H groups in total. The molecule has 0 spiro atoms. The second-order valence-electron chi connectivity index (χ2n) is 5.80. The van der Waals surface area contributed by atoms with Crippen LogP contribution in [0.3, 0.4) is 0 Å². The van der Waals surface area contributed by atoms with Crippen molar-refractivity contribution in [3.63, 3.8) is 0 Å². The van der Waals surface area contributed by atoms with Gasteiger partial charge in [0.25, 0.3) is 0 Å². The summed E-state index contributed by atoms with van der Waals surface area (Å²) >= 11 is 0. The first kappa shape index (κ1) is 14.7. The minimum Gasteiger partial charge on any atom is -0.325 e. The molecule has 4 heteroatoms. The minimum absolute atomic E-state index is 0.0829. The molecule has 2 unspecified atom stereocenters. The molecule has 3 rings (SSSR count). The maximum Gasteiger partial charge on any atom is 0.232 e. The van der Waals surface area contributed by atoms with E-state index in [-0.39, 0.29) is 17.6 Å². The summed E-state index contributed by atoms with van der Waals surface area (Å²) in [5.41, 5.74) is 10.4. The molecule has 2 atom stereocenters. The molecule has 0 fully saturated rings. The van der Waals surface area contributed by atoms with E-state index in [2.05, 4.69) is 5.32 Å². The van der Waals surface area contributed by atoms with Crippen LogP contribution in [0.15, 0.2) is 36.4 Å². The summed E-state index contributed by atoms with van der Waals surface area (Å²) in [4.78, 5) is 12.1. The Balaban J connectivity index is 2.08. The highest BCUT2D eigenvalue weighted by atomic mass is 19.1. The Bertz CT molecular complexity index is 725. The van der Waals surface area contributed by atoms with Crippen molar-refractivity contribution < 1.29 is 9.18 Å². The van der Waals surface area contributed by atoms with E-state index in [1.807, 2.05) is 38.1 Å². The predicted octanol–water partition coefficient (Wildman–Crippen LogP) is 3.63. The molecular weight excluding hydrogens is 279 g/mol. The average Bonchev–Trinajstić information content (AvgIpc) is 2.81. The molecule has 0 saturated carbocycles. The van der Waals surface area contributed by atoms with Gasteiger partial charge < -0.3 is 11.1 Å². The molecule has 0 bridgehead atoms. The van der Waals surface area contributed by atoms with Crippen LogP contribution in [0, 0.1) is 12.7 Å². The normalized spacial score (nSPS) is 18.0. The van der Waals surface area contributed by atoms with Gasteiger partial charge in [-0.3, -0.25) is 4.79 Å². The number of nitrogens with two attached hydrogens (primary N) is 1. The van der Waals surface area contributed by atoms with E-state index in [9.17, 15) is 9.18 Å². The fourth-order valence-corrected chi connectivity index (χ4v) is 3.02. The second kappa shape index (κ2) is 5.54. The maximum absolute atomic E-state index is 14.0. The zero-order chi connectivity index (χ0) is 15.9. The van der Waals surface area contributed by atoms with Crippen molar-refractivity contribution in [1.29, 1.82) is 0 Å². The summed E-state index contributed by atoms with van der Waals surface area (Å²) < 4.78 is 14.0. The van der Waals surface area contributed by atoms with Crippen LogP contribution in [0.4, 0.5) is 10.1 Å². The largest absolute Gasteiger partial charge is 0.325 e. The van der Waals surface area contributed by atoms with Crippen molar-refractivity contribution in [3.8, 4) is 0 Å². The summed E-state index contributed by atoms with van der Waals surface area (Å²) in [5, 5.41) is 2.87. The highest BCUT2D eigenvalue weighted by Gasteiger charge is 2.32. The first-order chi connectivity index (χ1) is 10.5. The van der Waals surface area contributed by atoms with E-state index in [1.54, 1.807) is 0 Å². The first-order valence-electron chi connectivity index (χ1n) is 7.47. The van der Waals surface area contributed by atoms with E-state index in [4.69, 9.17) is 5.73 Å². The van der Waals surface area contributed by atoms with Gasteiger partial charge in [0, 0.05) is 5.56 Å². The van der Waals surface area contributed by atoms with E-state index < -0.39 is 6.04 Å². The van der Waals surface area contributed by atoms with Gasteiger partial charge in [0.05, 0.1) is 17.6 Å². The van der Waals surface area contributed by atoms with Crippen molar-refractivity contribution in [2.24, 2.45) is 5.73 Å². The number of carbonyl (C=O) groups is 1. The van der Waals surface area contributed by atoms with Crippen molar-refractivity contribution in [3.05, 3.63) is 64.5 Å². The van der Waals surface area contributed by atoms with E-state index >= 15 is 0 Å². The number of amides is 1. The number of hydrogen-bond acceptors (Lipinski definition) is 2. The van der Waals surface area contributed by atoms with E-state index in [0.29, 0.717) is 23.2 Å². The summed E-state index contributed by atoms with van der Waals surface area (Å²) in [7, 11) is 0. The minimum atomic E-state index is -0.471. The molecule has 1 amide bonds. The molecule has 0 aliphatic carbocycles. The van der Waals surface area contributed by atoms with Gasteiger partial charge in [0.15, 0.2) is 0 Å². The summed E-state index contributed by atoms with van der Waals surface area (Å²) in [6.07, 6.45) is 0.640. The number of anilines is 1. The lowest BCUT2D eigenvalue weighted by atomic mass is 9.91. The third-order valence-corrected chi connectivity index (χ3v) is 4.28. The molecule has 0 saturated heterocycles. The third kappa shape index (κ3) is 2.40. The lowest BCUT2D eigenvalue weighted by Crippen LogP contribution is -2.15. The Morgan fingerprint density at radius 2 is 1.95 bits per heavy atom. The highest BCUT2D eigenvalue weighted by molar-refractivity contribution is 6.03. The van der Waals surface area contributed by atoms with Crippen molar-refractivity contribution >= 4 is 11.6 Å². The van der Waals surface area contributed by atoms with Gasteiger partial charge >= 0.3 is 0 Å². The Labute approximate surface area is 129 Å². The lowest BCUT2D eigenvalue weighted by molar-refractivity contribution is -0.117. The Morgan fingerprint density at radius 3 is 2.59 bits per heavy atom. The topological polar surface area (TPSA) is 55.1 Å². The Morgan fingerprint density at radius 1 is 1.27 bits per heavy atom. The highest BCUT2D eigenvalue weighted by Crippen LogP contribution is 2.40. The van der Waals surface area contributed by atoms with Crippen LogP contribution in [0.2, 0.25) is 0 Å². The van der Waals surface area contributed by atoms with Gasteiger partial charge in [-0.25, -0.2) is 4.39 Å². The quantitative estimate of drug-likeness (QED) is 0.909. The average molecular weight is 298 g/mol. The molecule has 22 heavy (non-hydrogen) atoms. The van der Waals surface area contributed by atoms with Crippen LogP contribution < -0.4 is 11.1 Å². The van der Waals surface area contributed by atoms with Crippen LogP contribution in [-0.2, 0) is 4.79 Å². The van der Waals surface area contributed by atoms with Gasteiger partial charge in [-0.15, -0.1) is 0 Å². The molecule has 114 valence electrons. The lowest BCUT2D eigenvalue weighted by Gasteiger charge is -2.17. The van der Waals surface area contributed by atoms with Gasteiger partial charge in [-0.2, -0.15) is 0 Å². The summed E-state index contributed by atoms with van der Waals surface area (Å²) in [6, 6.07) is 10.2. The number of nitrogens with one attached hydrogen (secondary N) is 1. The first-order valence-corrected chi connectivity index (χ1v) is 7.47.